The maximum atomic E-state index is 12.3. The molecule has 12 heteroatoms. The van der Waals surface area contributed by atoms with E-state index < -0.39 is 32.8 Å². The molecule has 10 nitrogen and oxygen atoms in total. The molecule has 1 amide bonds. The fourth-order valence-corrected chi connectivity index (χ4v) is 3.71. The van der Waals surface area contributed by atoms with Gasteiger partial charge in [-0.2, -0.15) is 4.31 Å². The fraction of sp³-hybridized carbons (Fsp3) is 0.556. The number of amides is 1. The van der Waals surface area contributed by atoms with Crippen LogP contribution in [0.1, 0.15) is 6.92 Å². The first-order valence-corrected chi connectivity index (χ1v) is 7.85. The van der Waals surface area contributed by atoms with E-state index in [-0.39, 0.29) is 18.3 Å². The summed E-state index contributed by atoms with van der Waals surface area (Å²) in [5.74, 6) is -1.72. The van der Waals surface area contributed by atoms with Crippen molar-refractivity contribution < 1.29 is 27.9 Å². The quantitative estimate of drug-likeness (QED) is 0.588. The lowest BCUT2D eigenvalue weighted by Crippen LogP contribution is -2.37. The third-order valence-electron chi connectivity index (χ3n) is 2.11. The van der Waals surface area contributed by atoms with Crippen molar-refractivity contribution in [3.8, 4) is 0 Å². The number of nitrogens with one attached hydrogen (secondary N) is 1. The smallest absolute Gasteiger partial charge is 0.318 e. The van der Waals surface area contributed by atoms with E-state index in [0.29, 0.717) is 11.3 Å². The predicted molar refractivity (Wildman–Crippen MR) is 72.5 cm³/mol. The molecule has 0 bridgehead atoms. The number of methoxy groups -OCH3 is 1. The van der Waals surface area contributed by atoms with Gasteiger partial charge in [-0.1, -0.05) is 11.3 Å². The summed E-state index contributed by atoms with van der Waals surface area (Å²) < 4.78 is 29.6. The van der Waals surface area contributed by atoms with Gasteiger partial charge in [0.25, 0.3) is 10.0 Å². The van der Waals surface area contributed by atoms with Gasteiger partial charge in [-0.25, -0.2) is 8.42 Å². The molecule has 0 spiro atoms. The Morgan fingerprint density at radius 2 is 2.10 bits per heavy atom. The van der Waals surface area contributed by atoms with Crippen molar-refractivity contribution in [2.45, 2.75) is 11.3 Å². The number of anilines is 1. The van der Waals surface area contributed by atoms with Crippen molar-refractivity contribution in [1.82, 2.24) is 14.5 Å². The zero-order chi connectivity index (χ0) is 16.0. The highest BCUT2D eigenvalue weighted by Gasteiger charge is 2.30. The number of carboxylic acid groups (broad SMARTS) is 1. The standard InChI is InChI=1S/C9H14N4O6S2/c1-6(14)10-8-11-12-9(20-8)21(17,18)13(3-4-19-2)5-7(15)16/h3-5H2,1-2H3,(H,15,16)(H,10,11,14). The van der Waals surface area contributed by atoms with E-state index in [1.807, 2.05) is 0 Å². The van der Waals surface area contributed by atoms with Crippen LogP contribution in [0.3, 0.4) is 0 Å². The van der Waals surface area contributed by atoms with Gasteiger partial charge >= 0.3 is 5.97 Å². The molecule has 2 N–H and O–H groups in total. The summed E-state index contributed by atoms with van der Waals surface area (Å²) in [5.41, 5.74) is 0. The number of carboxylic acids is 1. The van der Waals surface area contributed by atoms with Crippen molar-refractivity contribution in [3.63, 3.8) is 0 Å². The topological polar surface area (TPSA) is 139 Å². The maximum absolute atomic E-state index is 12.3. The minimum absolute atomic E-state index is 0.0168. The Labute approximate surface area is 124 Å². The molecule has 0 aliphatic rings. The molecule has 0 unspecified atom stereocenters. The van der Waals surface area contributed by atoms with Crippen LogP contribution in [0.15, 0.2) is 4.34 Å². The van der Waals surface area contributed by atoms with Crippen molar-refractivity contribution in [2.75, 3.05) is 32.1 Å². The number of aromatic nitrogens is 2. The van der Waals surface area contributed by atoms with E-state index in [4.69, 9.17) is 9.84 Å². The molecular weight excluding hydrogens is 324 g/mol. The fourth-order valence-electron chi connectivity index (χ4n) is 1.25. The lowest BCUT2D eigenvalue weighted by atomic mass is 10.6. The largest absolute Gasteiger partial charge is 0.480 e. The van der Waals surface area contributed by atoms with E-state index in [9.17, 15) is 18.0 Å². The number of hydrogen-bond donors (Lipinski definition) is 2. The van der Waals surface area contributed by atoms with Crippen LogP contribution in [0.5, 0.6) is 0 Å². The number of carbonyl (C=O) groups is 2. The first kappa shape index (κ1) is 17.4. The van der Waals surface area contributed by atoms with Crippen LogP contribution in [-0.2, 0) is 24.3 Å². The Hall–Kier alpha value is -1.63. The molecule has 1 rings (SSSR count). The molecule has 0 fully saturated rings. The van der Waals surface area contributed by atoms with Gasteiger partial charge in [-0.3, -0.25) is 9.59 Å². The maximum Gasteiger partial charge on any atom is 0.318 e. The summed E-state index contributed by atoms with van der Waals surface area (Å²) >= 11 is 0.639. The molecule has 0 aliphatic heterocycles. The first-order chi connectivity index (χ1) is 9.77. The minimum atomic E-state index is -4.12. The Balaban J connectivity index is 3.00. The van der Waals surface area contributed by atoms with Gasteiger partial charge in [0.15, 0.2) is 0 Å². The number of hydrogen-bond acceptors (Lipinski definition) is 8. The molecule has 0 radical (unpaired) electrons. The molecule has 0 aliphatic carbocycles. The number of rotatable bonds is 8. The highest BCUT2D eigenvalue weighted by Crippen LogP contribution is 2.23. The van der Waals surface area contributed by atoms with Gasteiger partial charge in [0, 0.05) is 20.6 Å². The van der Waals surface area contributed by atoms with Crippen LogP contribution in [0.25, 0.3) is 0 Å². The van der Waals surface area contributed by atoms with Crippen LogP contribution in [0, 0.1) is 0 Å². The van der Waals surface area contributed by atoms with Crippen LogP contribution in [0.2, 0.25) is 0 Å². The third-order valence-corrected chi connectivity index (χ3v) is 5.14. The van der Waals surface area contributed by atoms with Crippen LogP contribution < -0.4 is 5.32 Å². The molecule has 0 aromatic carbocycles. The first-order valence-electron chi connectivity index (χ1n) is 5.59. The lowest BCUT2D eigenvalue weighted by molar-refractivity contribution is -0.137. The van der Waals surface area contributed by atoms with Gasteiger partial charge in [0.05, 0.1) is 6.61 Å². The van der Waals surface area contributed by atoms with E-state index >= 15 is 0 Å². The molecule has 1 aromatic rings. The third kappa shape index (κ3) is 5.00. The number of nitrogens with zero attached hydrogens (tertiary/aromatic N) is 3. The Morgan fingerprint density at radius 3 is 2.62 bits per heavy atom. The van der Waals surface area contributed by atoms with Gasteiger partial charge in [-0.15, -0.1) is 10.2 Å². The van der Waals surface area contributed by atoms with Crippen LogP contribution >= 0.6 is 11.3 Å². The molecular formula is C9H14N4O6S2. The second-order valence-electron chi connectivity index (χ2n) is 3.78. The van der Waals surface area contributed by atoms with Crippen molar-refractivity contribution in [2.24, 2.45) is 0 Å². The Kier molecular flexibility index (Phi) is 6.14. The number of aliphatic carboxylic acids is 1. The van der Waals surface area contributed by atoms with Crippen LogP contribution in [-0.4, -0.2) is 66.7 Å². The molecule has 0 saturated carbocycles. The van der Waals surface area contributed by atoms with Crippen molar-refractivity contribution in [1.29, 1.82) is 0 Å². The summed E-state index contributed by atoms with van der Waals surface area (Å²) in [6, 6.07) is 0. The summed E-state index contributed by atoms with van der Waals surface area (Å²) in [6.45, 7) is 0.412. The second kappa shape index (κ2) is 7.40. The zero-order valence-electron chi connectivity index (χ0n) is 11.3. The molecule has 0 atom stereocenters. The molecule has 1 aromatic heterocycles. The second-order valence-corrected chi connectivity index (χ2v) is 6.87. The summed E-state index contributed by atoms with van der Waals surface area (Å²) in [5, 5.41) is 18.1. The normalized spacial score (nSPS) is 11.6. The Morgan fingerprint density at radius 1 is 1.43 bits per heavy atom. The van der Waals surface area contributed by atoms with Gasteiger partial charge in [0.1, 0.15) is 6.54 Å². The molecule has 1 heterocycles. The van der Waals surface area contributed by atoms with Crippen molar-refractivity contribution in [3.05, 3.63) is 0 Å². The van der Waals surface area contributed by atoms with E-state index in [1.165, 1.54) is 14.0 Å². The average Bonchev–Trinajstić information content (AvgIpc) is 2.82. The highest BCUT2D eigenvalue weighted by molar-refractivity contribution is 7.91. The van der Waals surface area contributed by atoms with Crippen molar-refractivity contribution >= 4 is 38.4 Å². The minimum Gasteiger partial charge on any atom is -0.480 e. The number of sulfonamides is 1. The van der Waals surface area contributed by atoms with E-state index in [1.54, 1.807) is 0 Å². The zero-order valence-corrected chi connectivity index (χ0v) is 12.9. The summed E-state index contributed by atoms with van der Waals surface area (Å²) in [6.07, 6.45) is 0. The Bertz CT molecular complexity index is 614. The van der Waals surface area contributed by atoms with Gasteiger partial charge in [-0.05, 0) is 0 Å². The van der Waals surface area contributed by atoms with E-state index in [0.717, 1.165) is 4.31 Å². The van der Waals surface area contributed by atoms with Gasteiger partial charge < -0.3 is 15.2 Å². The SMILES string of the molecule is COCCN(CC(=O)O)S(=O)(=O)c1nnc(NC(C)=O)s1. The molecule has 0 saturated heterocycles. The average molecular weight is 338 g/mol. The predicted octanol–water partition coefficient (Wildman–Crippen LogP) is -0.782. The summed E-state index contributed by atoms with van der Waals surface area (Å²) in [7, 11) is -2.75. The van der Waals surface area contributed by atoms with Gasteiger partial charge in [0.2, 0.25) is 15.4 Å². The monoisotopic (exact) mass is 338 g/mol. The molecule has 118 valence electrons. The molecule has 21 heavy (non-hydrogen) atoms. The lowest BCUT2D eigenvalue weighted by Gasteiger charge is -2.17. The number of ether oxygens (including phenoxy) is 1. The van der Waals surface area contributed by atoms with Crippen LogP contribution in [0.4, 0.5) is 5.13 Å². The number of carbonyl (C=O) groups excluding carboxylic acids is 1. The highest BCUT2D eigenvalue weighted by atomic mass is 32.2. The summed E-state index contributed by atoms with van der Waals surface area (Å²) in [4.78, 5) is 21.6. The van der Waals surface area contributed by atoms with E-state index in [2.05, 4.69) is 15.5 Å².